The molecule has 3 unspecified atom stereocenters. The van der Waals surface area contributed by atoms with Gasteiger partial charge in [-0.3, -0.25) is 14.5 Å². The Kier molecular flexibility index (Phi) is 5.88. The highest BCUT2D eigenvalue weighted by Crippen LogP contribution is 2.26. The summed E-state index contributed by atoms with van der Waals surface area (Å²) in [6, 6.07) is 5.68. The van der Waals surface area contributed by atoms with E-state index in [1.54, 1.807) is 12.1 Å². The minimum absolute atomic E-state index is 0.0604. The van der Waals surface area contributed by atoms with Gasteiger partial charge in [0.05, 0.1) is 6.04 Å². The summed E-state index contributed by atoms with van der Waals surface area (Å²) in [6.45, 7) is 4.40. The molecule has 0 bridgehead atoms. The average Bonchev–Trinajstić information content (AvgIpc) is 3.07. The van der Waals surface area contributed by atoms with Gasteiger partial charge in [0.25, 0.3) is 0 Å². The maximum Gasteiger partial charge on any atom is 0.241 e. The largest absolute Gasteiger partial charge is 0.340 e. The highest BCUT2D eigenvalue weighted by Gasteiger charge is 2.33. The van der Waals surface area contributed by atoms with Gasteiger partial charge in [0.2, 0.25) is 11.8 Å². The number of nitrogens with zero attached hydrogens (tertiary/aromatic N) is 2. The first kappa shape index (κ1) is 18.8. The molecular formula is C19H27FN4O2. The van der Waals surface area contributed by atoms with Gasteiger partial charge in [-0.2, -0.15) is 0 Å². The lowest BCUT2D eigenvalue weighted by atomic mass is 10.1. The number of piperazine rings is 1. The van der Waals surface area contributed by atoms with E-state index in [0.29, 0.717) is 31.9 Å². The van der Waals surface area contributed by atoms with Crippen molar-refractivity contribution in [3.63, 3.8) is 0 Å². The van der Waals surface area contributed by atoms with Gasteiger partial charge < -0.3 is 16.0 Å². The number of hydrogen-bond donors (Lipinski definition) is 2. The molecular weight excluding hydrogens is 335 g/mol. The number of halogens is 1. The molecule has 6 nitrogen and oxygen atoms in total. The molecule has 3 rings (SSSR count). The number of benzene rings is 1. The average molecular weight is 362 g/mol. The lowest BCUT2D eigenvalue weighted by Gasteiger charge is -2.38. The van der Waals surface area contributed by atoms with Crippen LogP contribution >= 0.6 is 0 Å². The summed E-state index contributed by atoms with van der Waals surface area (Å²) in [4.78, 5) is 28.9. The van der Waals surface area contributed by atoms with E-state index >= 15 is 0 Å². The van der Waals surface area contributed by atoms with Gasteiger partial charge >= 0.3 is 0 Å². The third kappa shape index (κ3) is 4.40. The number of rotatable bonds is 4. The molecule has 3 atom stereocenters. The van der Waals surface area contributed by atoms with Crippen LogP contribution in [0.15, 0.2) is 24.3 Å². The number of nitrogens with two attached hydrogens (primary N) is 1. The lowest BCUT2D eigenvalue weighted by Crippen LogP contribution is -2.54. The van der Waals surface area contributed by atoms with E-state index in [-0.39, 0.29) is 35.6 Å². The van der Waals surface area contributed by atoms with Crippen LogP contribution in [-0.4, -0.2) is 59.9 Å². The Balaban J connectivity index is 1.49. The minimum Gasteiger partial charge on any atom is -0.340 e. The van der Waals surface area contributed by atoms with Gasteiger partial charge in [-0.15, -0.1) is 0 Å². The summed E-state index contributed by atoms with van der Waals surface area (Å²) in [7, 11) is 0. The molecule has 3 N–H and O–H groups in total. The van der Waals surface area contributed by atoms with Gasteiger partial charge in [-0.25, -0.2) is 4.39 Å². The third-order valence-corrected chi connectivity index (χ3v) is 5.47. The summed E-state index contributed by atoms with van der Waals surface area (Å²) in [6.07, 6.45) is 2.59. The van der Waals surface area contributed by atoms with Crippen molar-refractivity contribution in [2.75, 3.05) is 31.5 Å². The molecule has 1 aliphatic heterocycles. The normalized spacial score (nSPS) is 25.1. The molecule has 0 aromatic heterocycles. The number of hydrogen-bond acceptors (Lipinski definition) is 4. The maximum absolute atomic E-state index is 13.2. The number of amides is 2. The lowest BCUT2D eigenvalue weighted by molar-refractivity contribution is -0.137. The summed E-state index contributed by atoms with van der Waals surface area (Å²) < 4.78 is 13.2. The van der Waals surface area contributed by atoms with Crippen LogP contribution in [0.3, 0.4) is 0 Å². The Bertz CT molecular complexity index is 661. The van der Waals surface area contributed by atoms with Crippen molar-refractivity contribution < 1.29 is 14.0 Å². The van der Waals surface area contributed by atoms with Crippen LogP contribution < -0.4 is 11.1 Å². The number of carbonyl (C=O) groups excluding carboxylic acids is 2. The van der Waals surface area contributed by atoms with E-state index in [4.69, 9.17) is 5.73 Å². The van der Waals surface area contributed by atoms with Crippen LogP contribution in [0.25, 0.3) is 0 Å². The summed E-state index contributed by atoms with van der Waals surface area (Å²) in [5.74, 6) is -0.286. The Morgan fingerprint density at radius 2 is 1.96 bits per heavy atom. The number of carbonyl (C=O) groups is 2. The van der Waals surface area contributed by atoms with Crippen molar-refractivity contribution in [2.24, 2.45) is 11.7 Å². The van der Waals surface area contributed by atoms with E-state index in [1.165, 1.54) is 12.1 Å². The van der Waals surface area contributed by atoms with E-state index in [1.807, 2.05) is 11.8 Å². The zero-order valence-corrected chi connectivity index (χ0v) is 15.2. The molecule has 1 heterocycles. The monoisotopic (exact) mass is 362 g/mol. The molecule has 2 amide bonds. The molecule has 0 radical (unpaired) electrons. The van der Waals surface area contributed by atoms with Crippen molar-refractivity contribution in [2.45, 2.75) is 38.3 Å². The van der Waals surface area contributed by atoms with Crippen LogP contribution in [0.1, 0.15) is 26.2 Å². The van der Waals surface area contributed by atoms with Crippen molar-refractivity contribution >= 4 is 17.5 Å². The molecule has 7 heteroatoms. The quantitative estimate of drug-likeness (QED) is 0.849. The van der Waals surface area contributed by atoms with E-state index < -0.39 is 0 Å². The molecule has 142 valence electrons. The first-order valence-corrected chi connectivity index (χ1v) is 9.29. The van der Waals surface area contributed by atoms with E-state index in [2.05, 4.69) is 10.2 Å². The predicted molar refractivity (Wildman–Crippen MR) is 98.0 cm³/mol. The molecule has 1 saturated carbocycles. The van der Waals surface area contributed by atoms with Crippen molar-refractivity contribution in [1.29, 1.82) is 0 Å². The molecule has 0 spiro atoms. The molecule has 26 heavy (non-hydrogen) atoms. The van der Waals surface area contributed by atoms with Gasteiger partial charge in [0.15, 0.2) is 0 Å². The van der Waals surface area contributed by atoms with E-state index in [9.17, 15) is 14.0 Å². The maximum atomic E-state index is 13.2. The molecule has 1 saturated heterocycles. The second kappa shape index (κ2) is 8.14. The fourth-order valence-corrected chi connectivity index (χ4v) is 3.81. The second-order valence-electron chi connectivity index (χ2n) is 7.31. The van der Waals surface area contributed by atoms with E-state index in [0.717, 1.165) is 19.3 Å². The third-order valence-electron chi connectivity index (χ3n) is 5.47. The van der Waals surface area contributed by atoms with Crippen LogP contribution in [0, 0.1) is 11.7 Å². The first-order chi connectivity index (χ1) is 12.4. The second-order valence-corrected chi connectivity index (χ2v) is 7.31. The van der Waals surface area contributed by atoms with Crippen LogP contribution in [0.2, 0.25) is 0 Å². The van der Waals surface area contributed by atoms with Crippen LogP contribution in [0.4, 0.5) is 10.1 Å². The highest BCUT2D eigenvalue weighted by atomic mass is 19.1. The fraction of sp³-hybridized carbons (Fsp3) is 0.579. The van der Waals surface area contributed by atoms with Crippen molar-refractivity contribution in [1.82, 2.24) is 9.80 Å². The topological polar surface area (TPSA) is 78.7 Å². The molecule has 2 aliphatic rings. The zero-order valence-electron chi connectivity index (χ0n) is 15.2. The highest BCUT2D eigenvalue weighted by molar-refractivity contribution is 5.94. The molecule has 1 aromatic carbocycles. The number of nitrogens with one attached hydrogen (secondary N) is 1. The Labute approximate surface area is 153 Å². The Hall–Kier alpha value is -1.99. The Morgan fingerprint density at radius 1 is 1.23 bits per heavy atom. The van der Waals surface area contributed by atoms with Crippen LogP contribution in [-0.2, 0) is 9.59 Å². The van der Waals surface area contributed by atoms with Gasteiger partial charge in [0, 0.05) is 43.8 Å². The smallest absolute Gasteiger partial charge is 0.241 e. The van der Waals surface area contributed by atoms with Gasteiger partial charge in [0.1, 0.15) is 5.82 Å². The van der Waals surface area contributed by atoms with Crippen LogP contribution in [0.5, 0.6) is 0 Å². The summed E-state index contributed by atoms with van der Waals surface area (Å²) in [5, 5.41) is 2.75. The van der Waals surface area contributed by atoms with Gasteiger partial charge in [-0.1, -0.05) is 6.07 Å². The van der Waals surface area contributed by atoms with Crippen molar-refractivity contribution in [3.8, 4) is 0 Å². The van der Waals surface area contributed by atoms with Crippen molar-refractivity contribution in [3.05, 3.63) is 30.1 Å². The standard InChI is InChI=1S/C19H27FN4O2/c1-13(18(25)22-17-4-2-3-15(20)12-17)23-7-9-24(10-8-23)19(26)14-5-6-16(21)11-14/h2-4,12-14,16H,5-11,21H2,1H3,(H,22,25). The Morgan fingerprint density at radius 3 is 2.58 bits per heavy atom. The molecule has 1 aromatic rings. The predicted octanol–water partition coefficient (Wildman–Crippen LogP) is 1.42. The first-order valence-electron chi connectivity index (χ1n) is 9.29. The van der Waals surface area contributed by atoms with Gasteiger partial charge in [-0.05, 0) is 44.4 Å². The molecule has 1 aliphatic carbocycles. The minimum atomic E-state index is -0.380. The fourth-order valence-electron chi connectivity index (χ4n) is 3.81. The SMILES string of the molecule is CC(C(=O)Nc1cccc(F)c1)N1CCN(C(=O)C2CCC(N)C2)CC1. The molecule has 2 fully saturated rings. The summed E-state index contributed by atoms with van der Waals surface area (Å²) in [5.41, 5.74) is 6.37. The number of anilines is 1. The zero-order chi connectivity index (χ0) is 18.7. The summed E-state index contributed by atoms with van der Waals surface area (Å²) >= 11 is 0.